The number of carbonyl (C=O) groups is 1. The van der Waals surface area contributed by atoms with E-state index in [0.29, 0.717) is 31.8 Å². The van der Waals surface area contributed by atoms with Gasteiger partial charge in [0.15, 0.2) is 0 Å². The van der Waals surface area contributed by atoms with Crippen LogP contribution >= 0.6 is 11.6 Å². The fourth-order valence-electron chi connectivity index (χ4n) is 2.36. The van der Waals surface area contributed by atoms with Gasteiger partial charge < -0.3 is 14.6 Å². The zero-order valence-electron chi connectivity index (χ0n) is 12.4. The van der Waals surface area contributed by atoms with Crippen molar-refractivity contribution in [3.63, 3.8) is 0 Å². The van der Waals surface area contributed by atoms with Crippen LogP contribution in [0.5, 0.6) is 5.75 Å². The number of halogens is 1. The molecule has 2 rings (SSSR count). The molecule has 0 fully saturated rings. The van der Waals surface area contributed by atoms with Crippen molar-refractivity contribution in [2.24, 2.45) is 0 Å². The SMILES string of the molecule is CCNC(=O)CCn1c(CCCl)nc2c(OC)cccc21. The van der Waals surface area contributed by atoms with Gasteiger partial charge in [-0.1, -0.05) is 6.07 Å². The van der Waals surface area contributed by atoms with Crippen LogP contribution in [0.3, 0.4) is 0 Å². The number of nitrogens with one attached hydrogen (secondary N) is 1. The Balaban J connectivity index is 2.35. The van der Waals surface area contributed by atoms with E-state index in [1.807, 2.05) is 25.1 Å². The zero-order chi connectivity index (χ0) is 15.2. The summed E-state index contributed by atoms with van der Waals surface area (Å²) < 4.78 is 7.40. The van der Waals surface area contributed by atoms with Crippen LogP contribution in [0.15, 0.2) is 18.2 Å². The van der Waals surface area contributed by atoms with Gasteiger partial charge in [0, 0.05) is 31.8 Å². The van der Waals surface area contributed by atoms with Crippen LogP contribution in [0, 0.1) is 0 Å². The topological polar surface area (TPSA) is 56.2 Å². The second-order valence-corrected chi connectivity index (χ2v) is 5.03. The molecule has 5 nitrogen and oxygen atoms in total. The van der Waals surface area contributed by atoms with E-state index in [1.165, 1.54) is 0 Å². The first-order valence-electron chi connectivity index (χ1n) is 7.06. The van der Waals surface area contributed by atoms with Gasteiger partial charge >= 0.3 is 0 Å². The van der Waals surface area contributed by atoms with Gasteiger partial charge in [-0.3, -0.25) is 4.79 Å². The first-order valence-corrected chi connectivity index (χ1v) is 7.59. The number of carbonyl (C=O) groups excluding carboxylic acids is 1. The molecular weight excluding hydrogens is 290 g/mol. The molecule has 0 saturated heterocycles. The van der Waals surface area contributed by atoms with Crippen molar-refractivity contribution in [2.45, 2.75) is 26.3 Å². The second kappa shape index (κ2) is 7.31. The number of hydrogen-bond donors (Lipinski definition) is 1. The fraction of sp³-hybridized carbons (Fsp3) is 0.467. The molecule has 0 aliphatic rings. The number of ether oxygens (including phenoxy) is 1. The van der Waals surface area contributed by atoms with Gasteiger partial charge in [-0.05, 0) is 19.1 Å². The van der Waals surface area contributed by atoms with E-state index >= 15 is 0 Å². The Morgan fingerprint density at radius 3 is 2.95 bits per heavy atom. The average molecular weight is 310 g/mol. The number of para-hydroxylation sites is 1. The molecule has 2 aromatic rings. The quantitative estimate of drug-likeness (QED) is 0.799. The van der Waals surface area contributed by atoms with Gasteiger partial charge in [-0.15, -0.1) is 11.6 Å². The third-order valence-corrected chi connectivity index (χ3v) is 3.48. The van der Waals surface area contributed by atoms with E-state index in [2.05, 4.69) is 14.9 Å². The van der Waals surface area contributed by atoms with Crippen molar-refractivity contribution in [1.82, 2.24) is 14.9 Å². The highest BCUT2D eigenvalue weighted by Crippen LogP contribution is 2.26. The van der Waals surface area contributed by atoms with E-state index < -0.39 is 0 Å². The molecule has 0 saturated carbocycles. The summed E-state index contributed by atoms with van der Waals surface area (Å²) in [7, 11) is 1.63. The molecule has 21 heavy (non-hydrogen) atoms. The minimum Gasteiger partial charge on any atom is -0.494 e. The molecule has 0 aliphatic carbocycles. The Morgan fingerprint density at radius 2 is 2.29 bits per heavy atom. The van der Waals surface area contributed by atoms with Gasteiger partial charge in [0.25, 0.3) is 0 Å². The van der Waals surface area contributed by atoms with E-state index in [9.17, 15) is 4.79 Å². The lowest BCUT2D eigenvalue weighted by Crippen LogP contribution is -2.24. The summed E-state index contributed by atoms with van der Waals surface area (Å²) in [6, 6.07) is 5.80. The van der Waals surface area contributed by atoms with Gasteiger partial charge in [0.1, 0.15) is 17.1 Å². The highest BCUT2D eigenvalue weighted by Gasteiger charge is 2.14. The third kappa shape index (κ3) is 3.47. The number of aromatic nitrogens is 2. The molecule has 1 amide bonds. The standard InChI is InChI=1S/C15H20ClN3O2/c1-3-17-14(20)8-10-19-11-5-4-6-12(21-2)15(11)18-13(19)7-9-16/h4-6H,3,7-10H2,1-2H3,(H,17,20). The Morgan fingerprint density at radius 1 is 1.48 bits per heavy atom. The normalized spacial score (nSPS) is 10.8. The Bertz CT molecular complexity index is 625. The molecule has 114 valence electrons. The molecule has 0 aliphatic heterocycles. The molecule has 0 radical (unpaired) electrons. The third-order valence-electron chi connectivity index (χ3n) is 3.30. The number of rotatable bonds is 7. The Labute approximate surface area is 129 Å². The maximum absolute atomic E-state index is 11.7. The Hall–Kier alpha value is -1.75. The maximum Gasteiger partial charge on any atom is 0.221 e. The molecule has 6 heteroatoms. The largest absolute Gasteiger partial charge is 0.494 e. The molecule has 0 bridgehead atoms. The van der Waals surface area contributed by atoms with Crippen LogP contribution in [-0.4, -0.2) is 35.0 Å². The second-order valence-electron chi connectivity index (χ2n) is 4.65. The molecule has 1 heterocycles. The average Bonchev–Trinajstić information content (AvgIpc) is 2.83. The zero-order valence-corrected chi connectivity index (χ0v) is 13.1. The van der Waals surface area contributed by atoms with E-state index in [0.717, 1.165) is 22.6 Å². The minimum atomic E-state index is 0.0408. The molecule has 1 N–H and O–H groups in total. The van der Waals surface area contributed by atoms with Crippen LogP contribution in [0.4, 0.5) is 0 Å². The first-order chi connectivity index (χ1) is 10.2. The minimum absolute atomic E-state index is 0.0408. The Kier molecular flexibility index (Phi) is 5.44. The summed E-state index contributed by atoms with van der Waals surface area (Å²) in [5.41, 5.74) is 1.79. The summed E-state index contributed by atoms with van der Waals surface area (Å²) in [5.74, 6) is 2.15. The van der Waals surface area contributed by atoms with Gasteiger partial charge in [0.05, 0.1) is 12.6 Å². The maximum atomic E-state index is 11.7. The molecule has 0 unspecified atom stereocenters. The number of hydrogen-bond acceptors (Lipinski definition) is 3. The summed E-state index contributed by atoms with van der Waals surface area (Å²) in [4.78, 5) is 16.3. The number of benzene rings is 1. The van der Waals surface area contributed by atoms with Crippen LogP contribution in [0.25, 0.3) is 11.0 Å². The number of aryl methyl sites for hydroxylation is 2. The van der Waals surface area contributed by atoms with Crippen molar-refractivity contribution < 1.29 is 9.53 Å². The first kappa shape index (κ1) is 15.6. The van der Waals surface area contributed by atoms with Crippen LogP contribution < -0.4 is 10.1 Å². The monoisotopic (exact) mass is 309 g/mol. The van der Waals surface area contributed by atoms with Crippen molar-refractivity contribution in [1.29, 1.82) is 0 Å². The van der Waals surface area contributed by atoms with E-state index in [1.54, 1.807) is 7.11 Å². The summed E-state index contributed by atoms with van der Waals surface area (Å²) >= 11 is 5.86. The highest BCUT2D eigenvalue weighted by atomic mass is 35.5. The summed E-state index contributed by atoms with van der Waals surface area (Å²) in [6.45, 7) is 3.14. The molecule has 0 atom stereocenters. The molecule has 1 aromatic carbocycles. The molecule has 0 spiro atoms. The van der Waals surface area contributed by atoms with Gasteiger partial charge in [-0.2, -0.15) is 0 Å². The van der Waals surface area contributed by atoms with Crippen LogP contribution in [0.2, 0.25) is 0 Å². The number of alkyl halides is 1. The van der Waals surface area contributed by atoms with E-state index in [-0.39, 0.29) is 5.91 Å². The van der Waals surface area contributed by atoms with Crippen molar-refractivity contribution in [2.75, 3.05) is 19.5 Å². The lowest BCUT2D eigenvalue weighted by Gasteiger charge is -2.08. The van der Waals surface area contributed by atoms with E-state index in [4.69, 9.17) is 16.3 Å². The number of fused-ring (bicyclic) bond motifs is 1. The lowest BCUT2D eigenvalue weighted by molar-refractivity contribution is -0.121. The summed E-state index contributed by atoms with van der Waals surface area (Å²) in [6.07, 6.45) is 1.08. The number of nitrogens with zero attached hydrogens (tertiary/aromatic N) is 2. The predicted octanol–water partition coefficient (Wildman–Crippen LogP) is 2.35. The fourth-order valence-corrected chi connectivity index (χ4v) is 2.53. The predicted molar refractivity (Wildman–Crippen MR) is 84.0 cm³/mol. The number of imidazole rings is 1. The smallest absolute Gasteiger partial charge is 0.221 e. The van der Waals surface area contributed by atoms with Gasteiger partial charge in [-0.25, -0.2) is 4.98 Å². The number of amides is 1. The van der Waals surface area contributed by atoms with Gasteiger partial charge in [0.2, 0.25) is 5.91 Å². The van der Waals surface area contributed by atoms with Crippen LogP contribution in [-0.2, 0) is 17.8 Å². The molecule has 1 aromatic heterocycles. The summed E-state index contributed by atoms with van der Waals surface area (Å²) in [5, 5.41) is 2.81. The van der Waals surface area contributed by atoms with Crippen molar-refractivity contribution in [3.05, 3.63) is 24.0 Å². The highest BCUT2D eigenvalue weighted by molar-refractivity contribution is 6.17. The number of methoxy groups -OCH3 is 1. The van der Waals surface area contributed by atoms with Crippen molar-refractivity contribution >= 4 is 28.5 Å². The lowest BCUT2D eigenvalue weighted by atomic mass is 10.3. The van der Waals surface area contributed by atoms with Crippen molar-refractivity contribution in [3.8, 4) is 5.75 Å². The molecular formula is C15H20ClN3O2. The van der Waals surface area contributed by atoms with Crippen LogP contribution in [0.1, 0.15) is 19.2 Å².